The molecule has 0 aliphatic carbocycles. The van der Waals surface area contributed by atoms with E-state index in [1.54, 1.807) is 24.3 Å². The molecule has 24 heavy (non-hydrogen) atoms. The molecule has 0 aliphatic heterocycles. The molecule has 0 bridgehead atoms. The number of para-hydroxylation sites is 1. The average molecular weight is 346 g/mol. The van der Waals surface area contributed by atoms with Gasteiger partial charge in [-0.15, -0.1) is 0 Å². The number of anilines is 1. The summed E-state index contributed by atoms with van der Waals surface area (Å²) in [5.74, 6) is 0.150. The maximum absolute atomic E-state index is 12.7. The molecule has 0 saturated carbocycles. The van der Waals surface area contributed by atoms with Gasteiger partial charge in [-0.05, 0) is 42.3 Å². The molecule has 0 atom stereocenters. The van der Waals surface area contributed by atoms with Crippen LogP contribution in [0.4, 0.5) is 5.69 Å². The summed E-state index contributed by atoms with van der Waals surface area (Å²) in [7, 11) is -2.15. The lowest BCUT2D eigenvalue weighted by atomic mass is 10.2. The topological polar surface area (TPSA) is 66.5 Å². The molecule has 2 aromatic rings. The highest BCUT2D eigenvalue weighted by atomic mass is 32.2. The van der Waals surface area contributed by atoms with E-state index in [2.05, 4.69) is 5.32 Å². The zero-order valence-electron chi connectivity index (χ0n) is 14.1. The second-order valence-corrected chi connectivity index (χ2v) is 7.91. The quantitative estimate of drug-likeness (QED) is 0.874. The SMILES string of the molecule is CC(C)CNC(=O)c1ccc(S(=O)(=O)N(C)c2ccccc2)cc1. The summed E-state index contributed by atoms with van der Waals surface area (Å²) < 4.78 is 26.5. The van der Waals surface area contributed by atoms with Gasteiger partial charge in [0.1, 0.15) is 0 Å². The van der Waals surface area contributed by atoms with Crippen molar-refractivity contribution in [2.24, 2.45) is 5.92 Å². The molecule has 128 valence electrons. The summed E-state index contributed by atoms with van der Waals surface area (Å²) >= 11 is 0. The number of sulfonamides is 1. The number of benzene rings is 2. The molecule has 2 aromatic carbocycles. The first-order valence-electron chi connectivity index (χ1n) is 7.74. The molecule has 0 spiro atoms. The van der Waals surface area contributed by atoms with E-state index < -0.39 is 10.0 Å². The highest BCUT2D eigenvalue weighted by Crippen LogP contribution is 2.21. The molecule has 5 nitrogen and oxygen atoms in total. The number of carbonyl (C=O) groups excluding carboxylic acids is 1. The Labute approximate surface area is 143 Å². The number of hydrogen-bond acceptors (Lipinski definition) is 3. The minimum absolute atomic E-state index is 0.147. The Balaban J connectivity index is 2.19. The van der Waals surface area contributed by atoms with Gasteiger partial charge in [-0.1, -0.05) is 32.0 Å². The van der Waals surface area contributed by atoms with Gasteiger partial charge in [0.05, 0.1) is 10.6 Å². The smallest absolute Gasteiger partial charge is 0.264 e. The van der Waals surface area contributed by atoms with Crippen molar-refractivity contribution in [3.05, 3.63) is 60.2 Å². The molecule has 2 rings (SSSR count). The Kier molecular flexibility index (Phi) is 5.62. The molecule has 6 heteroatoms. The molecule has 0 saturated heterocycles. The molecule has 0 heterocycles. The van der Waals surface area contributed by atoms with Gasteiger partial charge in [0.2, 0.25) is 0 Å². The Bertz CT molecular complexity index is 785. The van der Waals surface area contributed by atoms with Crippen molar-refractivity contribution in [1.29, 1.82) is 0 Å². The van der Waals surface area contributed by atoms with Crippen LogP contribution in [0.5, 0.6) is 0 Å². The third-order valence-electron chi connectivity index (χ3n) is 3.57. The van der Waals surface area contributed by atoms with Crippen LogP contribution in [0.3, 0.4) is 0 Å². The fraction of sp³-hybridized carbons (Fsp3) is 0.278. The van der Waals surface area contributed by atoms with Crippen molar-refractivity contribution in [3.8, 4) is 0 Å². The lowest BCUT2D eigenvalue weighted by Gasteiger charge is -2.19. The fourth-order valence-corrected chi connectivity index (χ4v) is 3.31. The van der Waals surface area contributed by atoms with Crippen molar-refractivity contribution >= 4 is 21.6 Å². The van der Waals surface area contributed by atoms with E-state index >= 15 is 0 Å². The van der Waals surface area contributed by atoms with E-state index in [0.717, 1.165) is 0 Å². The first kappa shape index (κ1) is 18.0. The largest absolute Gasteiger partial charge is 0.352 e. The van der Waals surface area contributed by atoms with Gasteiger partial charge < -0.3 is 5.32 Å². The molecule has 0 aliphatic rings. The van der Waals surface area contributed by atoms with Crippen LogP contribution in [0.1, 0.15) is 24.2 Å². The van der Waals surface area contributed by atoms with Crippen molar-refractivity contribution in [2.75, 3.05) is 17.9 Å². The first-order valence-corrected chi connectivity index (χ1v) is 9.18. The minimum atomic E-state index is -3.66. The van der Waals surface area contributed by atoms with E-state index in [1.165, 1.54) is 35.6 Å². The number of hydrogen-bond donors (Lipinski definition) is 1. The van der Waals surface area contributed by atoms with E-state index in [-0.39, 0.29) is 10.8 Å². The van der Waals surface area contributed by atoms with Crippen LogP contribution < -0.4 is 9.62 Å². The van der Waals surface area contributed by atoms with Crippen LogP contribution in [0.25, 0.3) is 0 Å². The summed E-state index contributed by atoms with van der Waals surface area (Å²) in [6.07, 6.45) is 0. The molecule has 1 amide bonds. The Morgan fingerprint density at radius 2 is 1.62 bits per heavy atom. The van der Waals surface area contributed by atoms with Crippen LogP contribution in [0, 0.1) is 5.92 Å². The summed E-state index contributed by atoms with van der Waals surface area (Å²) in [6.45, 7) is 4.60. The summed E-state index contributed by atoms with van der Waals surface area (Å²) in [5.41, 5.74) is 1.02. The molecule has 1 N–H and O–H groups in total. The van der Waals surface area contributed by atoms with Gasteiger partial charge in [0.25, 0.3) is 15.9 Å². The summed E-state index contributed by atoms with van der Waals surface area (Å²) in [6, 6.07) is 14.8. The molecular formula is C18H22N2O3S. The Morgan fingerprint density at radius 3 is 2.17 bits per heavy atom. The first-order chi connectivity index (χ1) is 11.3. The van der Waals surface area contributed by atoms with Crippen LogP contribution in [0.15, 0.2) is 59.5 Å². The average Bonchev–Trinajstić information content (AvgIpc) is 2.59. The van der Waals surface area contributed by atoms with Gasteiger partial charge in [0, 0.05) is 19.2 Å². The minimum Gasteiger partial charge on any atom is -0.352 e. The normalized spacial score (nSPS) is 11.3. The molecule has 0 unspecified atom stereocenters. The second kappa shape index (κ2) is 7.49. The van der Waals surface area contributed by atoms with Crippen molar-refractivity contribution in [1.82, 2.24) is 5.32 Å². The van der Waals surface area contributed by atoms with Gasteiger partial charge in [-0.25, -0.2) is 8.42 Å². The molecule has 0 aromatic heterocycles. The predicted octanol–water partition coefficient (Wildman–Crippen LogP) is 2.90. The van der Waals surface area contributed by atoms with Crippen LogP contribution in [-0.2, 0) is 10.0 Å². The summed E-state index contributed by atoms with van der Waals surface area (Å²) in [4.78, 5) is 12.1. The number of nitrogens with zero attached hydrogens (tertiary/aromatic N) is 1. The molecule has 0 radical (unpaired) electrons. The van der Waals surface area contributed by atoms with Crippen molar-refractivity contribution in [3.63, 3.8) is 0 Å². The third-order valence-corrected chi connectivity index (χ3v) is 5.37. The number of carbonyl (C=O) groups is 1. The van der Waals surface area contributed by atoms with E-state index in [0.29, 0.717) is 23.7 Å². The lowest BCUT2D eigenvalue weighted by molar-refractivity contribution is 0.0949. The van der Waals surface area contributed by atoms with Crippen LogP contribution >= 0.6 is 0 Å². The second-order valence-electron chi connectivity index (χ2n) is 5.94. The fourth-order valence-electron chi connectivity index (χ4n) is 2.11. The van der Waals surface area contributed by atoms with Crippen molar-refractivity contribution < 1.29 is 13.2 Å². The number of rotatable bonds is 6. The van der Waals surface area contributed by atoms with Crippen molar-refractivity contribution in [2.45, 2.75) is 18.7 Å². The molecule has 0 fully saturated rings. The highest BCUT2D eigenvalue weighted by molar-refractivity contribution is 7.92. The Hall–Kier alpha value is -2.34. The standard InChI is InChI=1S/C18H22N2O3S/c1-14(2)13-19-18(21)15-9-11-17(12-10-15)24(22,23)20(3)16-7-5-4-6-8-16/h4-12,14H,13H2,1-3H3,(H,19,21). The Morgan fingerprint density at radius 1 is 1.04 bits per heavy atom. The third kappa shape index (κ3) is 4.14. The maximum Gasteiger partial charge on any atom is 0.264 e. The predicted molar refractivity (Wildman–Crippen MR) is 95.6 cm³/mol. The zero-order valence-corrected chi connectivity index (χ0v) is 14.9. The van der Waals surface area contributed by atoms with Crippen LogP contribution in [-0.4, -0.2) is 27.9 Å². The number of nitrogens with one attached hydrogen (secondary N) is 1. The van der Waals surface area contributed by atoms with Crippen LogP contribution in [0.2, 0.25) is 0 Å². The van der Waals surface area contributed by atoms with E-state index in [4.69, 9.17) is 0 Å². The van der Waals surface area contributed by atoms with E-state index in [9.17, 15) is 13.2 Å². The number of amides is 1. The zero-order chi connectivity index (χ0) is 17.7. The van der Waals surface area contributed by atoms with Gasteiger partial charge >= 0.3 is 0 Å². The highest BCUT2D eigenvalue weighted by Gasteiger charge is 2.21. The van der Waals surface area contributed by atoms with Gasteiger partial charge in [0.15, 0.2) is 0 Å². The lowest BCUT2D eigenvalue weighted by Crippen LogP contribution is -2.28. The monoisotopic (exact) mass is 346 g/mol. The molecular weight excluding hydrogens is 324 g/mol. The maximum atomic E-state index is 12.7. The van der Waals surface area contributed by atoms with Gasteiger partial charge in [-0.2, -0.15) is 0 Å². The summed E-state index contributed by atoms with van der Waals surface area (Å²) in [5, 5.41) is 2.81. The van der Waals surface area contributed by atoms with Gasteiger partial charge in [-0.3, -0.25) is 9.10 Å². The van der Waals surface area contributed by atoms with E-state index in [1.807, 2.05) is 19.9 Å².